The number of benzene rings is 2. The first kappa shape index (κ1) is 21.3. The van der Waals surface area contributed by atoms with Gasteiger partial charge in [-0.3, -0.25) is 4.79 Å². The van der Waals surface area contributed by atoms with Crippen LogP contribution in [0.15, 0.2) is 46.9 Å². The molecule has 0 saturated heterocycles. The Bertz CT molecular complexity index is 760. The maximum atomic E-state index is 11.2. The van der Waals surface area contributed by atoms with Crippen LogP contribution in [0.5, 0.6) is 11.5 Å². The van der Waals surface area contributed by atoms with E-state index in [9.17, 15) is 9.90 Å². The molecule has 0 aliphatic carbocycles. The number of carboxylic acids is 1. The molecule has 0 bridgehead atoms. The van der Waals surface area contributed by atoms with Gasteiger partial charge in [-0.05, 0) is 63.7 Å². The summed E-state index contributed by atoms with van der Waals surface area (Å²) >= 11 is 3.52. The Hall–Kier alpha value is -2.01. The zero-order chi connectivity index (χ0) is 19.8. The number of unbranched alkanes of at least 4 members (excludes halogenated alkanes) is 1. The first-order chi connectivity index (χ1) is 12.9. The minimum absolute atomic E-state index is 0.0858. The van der Waals surface area contributed by atoms with Gasteiger partial charge in [-0.15, -0.1) is 0 Å². The molecule has 2 aromatic rings. The monoisotopic (exact) mass is 434 g/mol. The lowest BCUT2D eigenvalue weighted by atomic mass is 9.89. The minimum Gasteiger partial charge on any atom is -0.492 e. The van der Waals surface area contributed by atoms with Crippen LogP contribution in [0.4, 0.5) is 0 Å². The van der Waals surface area contributed by atoms with Crippen LogP contribution in [0.1, 0.15) is 50.7 Å². The van der Waals surface area contributed by atoms with Crippen molar-refractivity contribution in [1.29, 1.82) is 0 Å². The van der Waals surface area contributed by atoms with Crippen molar-refractivity contribution >= 4 is 21.9 Å². The van der Waals surface area contributed by atoms with Crippen molar-refractivity contribution in [1.82, 2.24) is 0 Å². The number of halogens is 1. The first-order valence-electron chi connectivity index (χ1n) is 9.29. The van der Waals surface area contributed by atoms with E-state index in [1.807, 2.05) is 49.4 Å². The summed E-state index contributed by atoms with van der Waals surface area (Å²) in [5.41, 5.74) is 1.98. The summed E-state index contributed by atoms with van der Waals surface area (Å²) in [5, 5.41) is 9.21. The second-order valence-electron chi connectivity index (χ2n) is 6.74. The fourth-order valence-electron chi connectivity index (χ4n) is 2.63. The fraction of sp³-hybridized carbons (Fsp3) is 0.409. The maximum Gasteiger partial charge on any atom is 0.306 e. The van der Waals surface area contributed by atoms with Gasteiger partial charge in [-0.25, -0.2) is 0 Å². The summed E-state index contributed by atoms with van der Waals surface area (Å²) in [4.78, 5) is 11.2. The molecule has 0 aliphatic rings. The molecule has 0 radical (unpaired) electrons. The Morgan fingerprint density at radius 1 is 1.15 bits per heavy atom. The minimum atomic E-state index is -0.792. The lowest BCUT2D eigenvalue weighted by Gasteiger charge is -2.17. The normalized spacial score (nSPS) is 13.0. The molecule has 5 heteroatoms. The van der Waals surface area contributed by atoms with Gasteiger partial charge in [0.1, 0.15) is 18.1 Å². The topological polar surface area (TPSA) is 55.8 Å². The van der Waals surface area contributed by atoms with Crippen LogP contribution in [0, 0.1) is 5.92 Å². The Kier molecular flexibility index (Phi) is 8.17. The third-order valence-electron chi connectivity index (χ3n) is 4.68. The van der Waals surface area contributed by atoms with E-state index in [1.165, 1.54) is 0 Å². The van der Waals surface area contributed by atoms with Gasteiger partial charge in [0.25, 0.3) is 0 Å². The van der Waals surface area contributed by atoms with Gasteiger partial charge in [-0.2, -0.15) is 0 Å². The number of aliphatic carboxylic acids is 1. The van der Waals surface area contributed by atoms with Gasteiger partial charge in [0.2, 0.25) is 0 Å². The second-order valence-corrected chi connectivity index (χ2v) is 7.60. The standard InChI is InChI=1S/C22H27BrO4/c1-4-5-11-26-21-12-17(9-10-20(21)23)14-27-19-8-6-7-18(13-19)15(2)16(3)22(24)25/h6-10,12-13,15-16H,4-5,11,14H2,1-3H3,(H,24,25)/t15-,16?/m1/s1. The molecule has 0 aliphatic heterocycles. The van der Waals surface area contributed by atoms with Crippen LogP contribution in [0.25, 0.3) is 0 Å². The van der Waals surface area contributed by atoms with E-state index >= 15 is 0 Å². The fourth-order valence-corrected chi connectivity index (χ4v) is 2.99. The van der Waals surface area contributed by atoms with Crippen molar-refractivity contribution in [2.75, 3.05) is 6.61 Å². The van der Waals surface area contributed by atoms with Crippen molar-refractivity contribution in [3.05, 3.63) is 58.1 Å². The lowest BCUT2D eigenvalue weighted by Crippen LogP contribution is -2.16. The predicted molar refractivity (Wildman–Crippen MR) is 111 cm³/mol. The zero-order valence-electron chi connectivity index (χ0n) is 16.1. The van der Waals surface area contributed by atoms with Crippen LogP contribution < -0.4 is 9.47 Å². The third-order valence-corrected chi connectivity index (χ3v) is 5.34. The molecule has 0 fully saturated rings. The molecular formula is C22H27BrO4. The van der Waals surface area contributed by atoms with E-state index in [0.717, 1.165) is 39.9 Å². The zero-order valence-corrected chi connectivity index (χ0v) is 17.7. The van der Waals surface area contributed by atoms with Crippen molar-refractivity contribution in [3.8, 4) is 11.5 Å². The number of ether oxygens (including phenoxy) is 2. The number of hydrogen-bond donors (Lipinski definition) is 1. The van der Waals surface area contributed by atoms with E-state index in [4.69, 9.17) is 9.47 Å². The number of carbonyl (C=O) groups is 1. The van der Waals surface area contributed by atoms with Gasteiger partial charge >= 0.3 is 5.97 Å². The highest BCUT2D eigenvalue weighted by Crippen LogP contribution is 2.29. The van der Waals surface area contributed by atoms with Crippen LogP contribution in [0.2, 0.25) is 0 Å². The van der Waals surface area contributed by atoms with Gasteiger partial charge in [-0.1, -0.05) is 45.4 Å². The molecule has 2 aromatic carbocycles. The van der Waals surface area contributed by atoms with Crippen molar-refractivity contribution in [3.63, 3.8) is 0 Å². The van der Waals surface area contributed by atoms with Crippen LogP contribution >= 0.6 is 15.9 Å². The van der Waals surface area contributed by atoms with Crippen LogP contribution in [-0.4, -0.2) is 17.7 Å². The summed E-state index contributed by atoms with van der Waals surface area (Å²) in [6.07, 6.45) is 2.11. The van der Waals surface area contributed by atoms with Gasteiger partial charge in [0, 0.05) is 0 Å². The largest absolute Gasteiger partial charge is 0.492 e. The molecule has 146 valence electrons. The Morgan fingerprint density at radius 3 is 2.63 bits per heavy atom. The molecule has 0 spiro atoms. The van der Waals surface area contributed by atoms with Crippen molar-refractivity contribution < 1.29 is 19.4 Å². The van der Waals surface area contributed by atoms with Crippen LogP contribution in [-0.2, 0) is 11.4 Å². The van der Waals surface area contributed by atoms with Crippen molar-refractivity contribution in [2.45, 2.75) is 46.1 Å². The van der Waals surface area contributed by atoms with E-state index in [2.05, 4.69) is 22.9 Å². The SMILES string of the molecule is CCCCOc1cc(COc2cccc([C@H](C)C(C)C(=O)O)c2)ccc1Br. The van der Waals surface area contributed by atoms with E-state index in [-0.39, 0.29) is 5.92 Å². The van der Waals surface area contributed by atoms with E-state index < -0.39 is 11.9 Å². The Morgan fingerprint density at radius 2 is 1.93 bits per heavy atom. The van der Waals surface area contributed by atoms with Gasteiger partial charge in [0.15, 0.2) is 0 Å². The number of hydrogen-bond acceptors (Lipinski definition) is 3. The molecule has 0 amide bonds. The molecule has 1 N–H and O–H groups in total. The highest BCUT2D eigenvalue weighted by atomic mass is 79.9. The molecule has 1 unspecified atom stereocenters. The van der Waals surface area contributed by atoms with E-state index in [1.54, 1.807) is 6.92 Å². The quantitative estimate of drug-likeness (QED) is 0.463. The summed E-state index contributed by atoms with van der Waals surface area (Å²) in [5.74, 6) is 0.224. The first-order valence-corrected chi connectivity index (χ1v) is 10.1. The van der Waals surface area contributed by atoms with Crippen molar-refractivity contribution in [2.24, 2.45) is 5.92 Å². The van der Waals surface area contributed by atoms with E-state index in [0.29, 0.717) is 13.2 Å². The van der Waals surface area contributed by atoms with Gasteiger partial charge in [0.05, 0.1) is 17.0 Å². The Labute approximate surface area is 169 Å². The predicted octanol–water partition coefficient (Wildman–Crippen LogP) is 6.03. The van der Waals surface area contributed by atoms with Crippen LogP contribution in [0.3, 0.4) is 0 Å². The molecule has 0 saturated carbocycles. The highest BCUT2D eigenvalue weighted by Gasteiger charge is 2.21. The molecular weight excluding hydrogens is 408 g/mol. The smallest absolute Gasteiger partial charge is 0.306 e. The average molecular weight is 435 g/mol. The molecule has 0 aromatic heterocycles. The average Bonchev–Trinajstić information content (AvgIpc) is 2.67. The summed E-state index contributed by atoms with van der Waals surface area (Å²) in [6, 6.07) is 13.6. The third kappa shape index (κ3) is 6.28. The summed E-state index contributed by atoms with van der Waals surface area (Å²) < 4.78 is 12.7. The molecule has 2 atom stereocenters. The molecule has 2 rings (SSSR count). The molecule has 4 nitrogen and oxygen atoms in total. The maximum absolute atomic E-state index is 11.2. The molecule has 27 heavy (non-hydrogen) atoms. The Balaban J connectivity index is 2.03. The number of carboxylic acid groups (broad SMARTS) is 1. The summed E-state index contributed by atoms with van der Waals surface area (Å²) in [6.45, 7) is 6.90. The lowest BCUT2D eigenvalue weighted by molar-refractivity contribution is -0.141. The highest BCUT2D eigenvalue weighted by molar-refractivity contribution is 9.10. The second kappa shape index (κ2) is 10.4. The molecule has 0 heterocycles. The number of rotatable bonds is 10. The summed E-state index contributed by atoms with van der Waals surface area (Å²) in [7, 11) is 0. The van der Waals surface area contributed by atoms with Gasteiger partial charge < -0.3 is 14.6 Å².